The van der Waals surface area contributed by atoms with Crippen LogP contribution in [0.5, 0.6) is 0 Å². The van der Waals surface area contributed by atoms with Gasteiger partial charge in [-0.1, -0.05) is 0 Å². The molecule has 1 spiro atoms. The number of nitro benzene ring substituents is 2. The van der Waals surface area contributed by atoms with Crippen LogP contribution >= 0.6 is 11.3 Å². The number of aromatic nitrogens is 1. The van der Waals surface area contributed by atoms with Crippen LogP contribution in [0.1, 0.15) is 43.0 Å². The number of nitro groups is 2. The van der Waals surface area contributed by atoms with Crippen molar-refractivity contribution in [1.82, 2.24) is 10.5 Å². The van der Waals surface area contributed by atoms with Crippen molar-refractivity contribution in [2.45, 2.75) is 43.8 Å². The highest BCUT2D eigenvalue weighted by molar-refractivity contribution is 7.18. The van der Waals surface area contributed by atoms with Crippen molar-refractivity contribution < 1.29 is 19.4 Å². The van der Waals surface area contributed by atoms with Crippen LogP contribution in [0.4, 0.5) is 11.4 Å². The SMILES string of the molecule is O=c1nc(C2CCC3(CC2)OCCCNO3)sc2c([N+](=O)[O-])cc([N+](=O)[O-])cc12. The third-order valence-electron chi connectivity index (χ3n) is 5.25. The zero-order valence-corrected chi connectivity index (χ0v) is 16.1. The Morgan fingerprint density at radius 2 is 1.97 bits per heavy atom. The molecule has 1 aliphatic carbocycles. The summed E-state index contributed by atoms with van der Waals surface area (Å²) in [6, 6.07) is 1.93. The quantitative estimate of drug-likeness (QED) is 0.582. The number of nitrogens with one attached hydrogen (secondary N) is 1. The number of hydroxylamine groups is 1. The molecule has 0 unspecified atom stereocenters. The van der Waals surface area contributed by atoms with Gasteiger partial charge in [0.15, 0.2) is 5.79 Å². The van der Waals surface area contributed by atoms with Crippen molar-refractivity contribution in [2.75, 3.05) is 13.2 Å². The molecule has 0 bridgehead atoms. The van der Waals surface area contributed by atoms with E-state index in [1.165, 1.54) is 0 Å². The van der Waals surface area contributed by atoms with Crippen LogP contribution < -0.4 is 11.0 Å². The molecule has 29 heavy (non-hydrogen) atoms. The number of hydrogen-bond acceptors (Lipinski definition) is 10. The van der Waals surface area contributed by atoms with E-state index in [0.29, 0.717) is 37.3 Å². The van der Waals surface area contributed by atoms with Crippen LogP contribution in [0.25, 0.3) is 10.1 Å². The Hall–Kier alpha value is -2.54. The fourth-order valence-electron chi connectivity index (χ4n) is 3.73. The van der Waals surface area contributed by atoms with Crippen LogP contribution in [0.15, 0.2) is 16.9 Å². The van der Waals surface area contributed by atoms with Gasteiger partial charge in [0.1, 0.15) is 9.71 Å². The van der Waals surface area contributed by atoms with Crippen LogP contribution in [0.2, 0.25) is 0 Å². The first-order valence-electron chi connectivity index (χ1n) is 9.21. The highest BCUT2D eigenvalue weighted by Crippen LogP contribution is 2.43. The lowest BCUT2D eigenvalue weighted by atomic mass is 9.85. The first-order chi connectivity index (χ1) is 13.9. The molecule has 1 N–H and O–H groups in total. The molecule has 1 aromatic carbocycles. The lowest BCUT2D eigenvalue weighted by Gasteiger charge is -2.37. The zero-order chi connectivity index (χ0) is 20.6. The summed E-state index contributed by atoms with van der Waals surface area (Å²) < 4.78 is 5.99. The van der Waals surface area contributed by atoms with Gasteiger partial charge in [-0.05, 0) is 19.3 Å². The monoisotopic (exact) mass is 422 g/mol. The summed E-state index contributed by atoms with van der Waals surface area (Å²) in [5.41, 5.74) is 1.27. The van der Waals surface area contributed by atoms with Crippen molar-refractivity contribution in [2.24, 2.45) is 0 Å². The Labute approximate surface area is 167 Å². The predicted octanol–water partition coefficient (Wildman–Crippen LogP) is 2.77. The van der Waals surface area contributed by atoms with Gasteiger partial charge in [0, 0.05) is 31.4 Å². The summed E-state index contributed by atoms with van der Waals surface area (Å²) in [7, 11) is 0. The average Bonchev–Trinajstić information content (AvgIpc) is 2.93. The summed E-state index contributed by atoms with van der Waals surface area (Å²) in [5.74, 6) is -0.755. The highest BCUT2D eigenvalue weighted by atomic mass is 32.1. The summed E-state index contributed by atoms with van der Waals surface area (Å²) in [4.78, 5) is 43.4. The molecule has 1 aliphatic heterocycles. The molecule has 2 fully saturated rings. The van der Waals surface area contributed by atoms with Crippen molar-refractivity contribution >= 4 is 32.8 Å². The van der Waals surface area contributed by atoms with Gasteiger partial charge in [0.2, 0.25) is 0 Å². The number of rotatable bonds is 3. The molecule has 154 valence electrons. The van der Waals surface area contributed by atoms with E-state index in [4.69, 9.17) is 9.57 Å². The van der Waals surface area contributed by atoms with E-state index in [-0.39, 0.29) is 16.0 Å². The normalized spacial score (nSPS) is 25.0. The number of fused-ring (bicyclic) bond motifs is 1. The van der Waals surface area contributed by atoms with E-state index in [0.717, 1.165) is 36.4 Å². The predicted molar refractivity (Wildman–Crippen MR) is 103 cm³/mol. The van der Waals surface area contributed by atoms with Gasteiger partial charge in [0.05, 0.1) is 27.9 Å². The summed E-state index contributed by atoms with van der Waals surface area (Å²) >= 11 is 1.05. The first kappa shape index (κ1) is 19.8. The van der Waals surface area contributed by atoms with Crippen LogP contribution in [-0.4, -0.2) is 33.8 Å². The van der Waals surface area contributed by atoms with Crippen molar-refractivity contribution in [3.8, 4) is 0 Å². The molecule has 0 atom stereocenters. The molecule has 2 aromatic rings. The second-order valence-electron chi connectivity index (χ2n) is 7.10. The fraction of sp³-hybridized carbons (Fsp3) is 0.529. The molecule has 2 aliphatic rings. The molecule has 0 radical (unpaired) electrons. The maximum absolute atomic E-state index is 12.5. The molecule has 12 heteroatoms. The largest absolute Gasteiger partial charge is 0.348 e. The number of ether oxygens (including phenoxy) is 1. The summed E-state index contributed by atoms with van der Waals surface area (Å²) in [6.07, 6.45) is 3.37. The Morgan fingerprint density at radius 1 is 1.21 bits per heavy atom. The van der Waals surface area contributed by atoms with Crippen LogP contribution in [0.3, 0.4) is 0 Å². The van der Waals surface area contributed by atoms with Gasteiger partial charge < -0.3 is 4.74 Å². The molecule has 1 saturated heterocycles. The smallest absolute Gasteiger partial charge is 0.294 e. The van der Waals surface area contributed by atoms with E-state index in [1.807, 2.05) is 0 Å². The maximum atomic E-state index is 12.5. The molecule has 11 nitrogen and oxygen atoms in total. The Bertz CT molecular complexity index is 1020. The van der Waals surface area contributed by atoms with E-state index < -0.39 is 32.6 Å². The minimum Gasteiger partial charge on any atom is -0.348 e. The van der Waals surface area contributed by atoms with Gasteiger partial charge in [-0.2, -0.15) is 5.48 Å². The molecule has 1 saturated carbocycles. The standard InChI is InChI=1S/C17H18N4O7S/c22-15-12-8-11(20(23)24)9-13(21(25)26)14(12)29-16(19-15)10-2-4-17(5-3-10)27-7-1-6-18-28-17/h8-10,18H,1-7H2. The van der Waals surface area contributed by atoms with E-state index >= 15 is 0 Å². The highest BCUT2D eigenvalue weighted by Gasteiger charge is 2.40. The molecule has 0 amide bonds. The first-order valence-corrected chi connectivity index (χ1v) is 10.0. The minimum atomic E-state index is -0.758. The van der Waals surface area contributed by atoms with Gasteiger partial charge in [-0.25, -0.2) is 4.98 Å². The van der Waals surface area contributed by atoms with E-state index in [1.54, 1.807) is 0 Å². The lowest BCUT2D eigenvalue weighted by Crippen LogP contribution is -2.42. The molecular formula is C17H18N4O7S. The van der Waals surface area contributed by atoms with Crippen molar-refractivity contribution in [3.05, 3.63) is 47.7 Å². The van der Waals surface area contributed by atoms with Crippen molar-refractivity contribution in [1.29, 1.82) is 0 Å². The maximum Gasteiger partial charge on any atom is 0.294 e. The van der Waals surface area contributed by atoms with Gasteiger partial charge in [-0.15, -0.1) is 11.3 Å². The fourth-order valence-corrected chi connectivity index (χ4v) is 4.97. The minimum absolute atomic E-state index is 0.0621. The van der Waals surface area contributed by atoms with Gasteiger partial charge in [0.25, 0.3) is 16.9 Å². The Balaban J connectivity index is 1.68. The van der Waals surface area contributed by atoms with E-state index in [2.05, 4.69) is 10.5 Å². The second kappa shape index (κ2) is 7.71. The van der Waals surface area contributed by atoms with E-state index in [9.17, 15) is 25.0 Å². The molecule has 1 aromatic heterocycles. The van der Waals surface area contributed by atoms with Gasteiger partial charge in [-0.3, -0.25) is 29.9 Å². The Morgan fingerprint density at radius 3 is 2.66 bits per heavy atom. The molecule has 2 heterocycles. The number of nitrogens with zero attached hydrogens (tertiary/aromatic N) is 3. The Kier molecular flexibility index (Phi) is 5.25. The second-order valence-corrected chi connectivity index (χ2v) is 8.13. The molecule has 4 rings (SSSR count). The average molecular weight is 422 g/mol. The number of benzene rings is 1. The summed E-state index contributed by atoms with van der Waals surface area (Å²) in [5, 5.41) is 22.9. The van der Waals surface area contributed by atoms with Crippen LogP contribution in [0, 0.1) is 20.2 Å². The van der Waals surface area contributed by atoms with Crippen LogP contribution in [-0.2, 0) is 9.57 Å². The van der Waals surface area contributed by atoms with Crippen molar-refractivity contribution in [3.63, 3.8) is 0 Å². The summed E-state index contributed by atoms with van der Waals surface area (Å²) in [6.45, 7) is 1.32. The van der Waals surface area contributed by atoms with Gasteiger partial charge >= 0.3 is 0 Å². The third-order valence-corrected chi connectivity index (χ3v) is 6.52. The topological polar surface area (TPSA) is 147 Å². The zero-order valence-electron chi connectivity index (χ0n) is 15.3. The third kappa shape index (κ3) is 3.83. The lowest BCUT2D eigenvalue weighted by molar-refractivity contribution is -0.392. The molecular weight excluding hydrogens is 404 g/mol. The number of hydrogen-bond donors (Lipinski definition) is 1. The number of non-ortho nitro benzene ring substituents is 2.